The predicted octanol–water partition coefficient (Wildman–Crippen LogP) is 0.671. The first-order valence-electron chi connectivity index (χ1n) is 8.83. The van der Waals surface area contributed by atoms with E-state index in [1.165, 1.54) is 55.5 Å². The fourth-order valence-corrected chi connectivity index (χ4v) is 2.65. The summed E-state index contributed by atoms with van der Waals surface area (Å²) in [6.45, 7) is 0.341. The third kappa shape index (κ3) is 4.66. The van der Waals surface area contributed by atoms with Crippen molar-refractivity contribution in [3.63, 3.8) is 0 Å². The fraction of sp³-hybridized carbons (Fsp3) is 0.278. The van der Waals surface area contributed by atoms with Gasteiger partial charge >= 0.3 is 6.03 Å². The van der Waals surface area contributed by atoms with E-state index in [4.69, 9.17) is 14.2 Å². The molecular weight excluding hydrogens is 394 g/mol. The number of methoxy groups -OCH3 is 3. The third-order valence-electron chi connectivity index (χ3n) is 4.04. The smallest absolute Gasteiger partial charge is 0.319 e. The van der Waals surface area contributed by atoms with Crippen LogP contribution in [0.25, 0.3) is 5.82 Å². The van der Waals surface area contributed by atoms with Crippen molar-refractivity contribution in [3.05, 3.63) is 47.3 Å². The highest BCUT2D eigenvalue weighted by molar-refractivity contribution is 5.90. The number of rotatable bonds is 8. The van der Waals surface area contributed by atoms with E-state index in [0.29, 0.717) is 28.8 Å². The van der Waals surface area contributed by atoms with Crippen LogP contribution in [0.5, 0.6) is 17.2 Å². The lowest BCUT2D eigenvalue weighted by molar-refractivity contribution is 0.251. The summed E-state index contributed by atoms with van der Waals surface area (Å²) in [6.07, 6.45) is 2.84. The average Bonchev–Trinajstić information content (AvgIpc) is 3.29. The summed E-state index contributed by atoms with van der Waals surface area (Å²) in [5.74, 6) is 1.68. The lowest BCUT2D eigenvalue weighted by Gasteiger charge is -2.15. The lowest BCUT2D eigenvalue weighted by Crippen LogP contribution is -2.34. The minimum absolute atomic E-state index is 0.171. The Kier molecular flexibility index (Phi) is 6.47. The number of nitrogens with zero attached hydrogens (tertiary/aromatic N) is 5. The number of aromatic nitrogens is 5. The van der Waals surface area contributed by atoms with Gasteiger partial charge in [-0.3, -0.25) is 4.79 Å². The molecule has 0 spiro atoms. The molecule has 12 nitrogen and oxygen atoms in total. The lowest BCUT2D eigenvalue weighted by atomic mass is 10.2. The number of ether oxygens (including phenoxy) is 3. The minimum Gasteiger partial charge on any atom is -0.493 e. The average molecular weight is 415 g/mol. The Labute approximate surface area is 171 Å². The third-order valence-corrected chi connectivity index (χ3v) is 4.04. The summed E-state index contributed by atoms with van der Waals surface area (Å²) in [4.78, 5) is 28.1. The summed E-state index contributed by atoms with van der Waals surface area (Å²) in [5.41, 5.74) is 0.149. The zero-order valence-electron chi connectivity index (χ0n) is 16.7. The monoisotopic (exact) mass is 415 g/mol. The van der Waals surface area contributed by atoms with Gasteiger partial charge in [0.2, 0.25) is 5.75 Å². The molecule has 0 unspecified atom stereocenters. The van der Waals surface area contributed by atoms with E-state index in [1.807, 2.05) is 0 Å². The van der Waals surface area contributed by atoms with Crippen LogP contribution >= 0.6 is 0 Å². The van der Waals surface area contributed by atoms with Crippen molar-refractivity contribution in [2.45, 2.75) is 6.54 Å². The van der Waals surface area contributed by atoms with E-state index in [-0.39, 0.29) is 18.6 Å². The van der Waals surface area contributed by atoms with Crippen molar-refractivity contribution in [1.82, 2.24) is 29.9 Å². The minimum atomic E-state index is -0.468. The molecule has 2 N–H and O–H groups in total. The summed E-state index contributed by atoms with van der Waals surface area (Å²) >= 11 is 0. The van der Waals surface area contributed by atoms with E-state index in [0.717, 1.165) is 0 Å². The topological polar surface area (TPSA) is 134 Å². The van der Waals surface area contributed by atoms with Gasteiger partial charge in [0, 0.05) is 24.7 Å². The summed E-state index contributed by atoms with van der Waals surface area (Å²) in [6, 6.07) is 5.66. The van der Waals surface area contributed by atoms with Crippen molar-refractivity contribution in [2.75, 3.05) is 33.2 Å². The SMILES string of the molecule is COc1cc(NC(=O)NCCn2nc(-n3cncn3)ccc2=O)cc(OC)c1OC. The Balaban J connectivity index is 1.62. The molecule has 0 atom stereocenters. The van der Waals surface area contributed by atoms with Gasteiger partial charge in [0.15, 0.2) is 17.3 Å². The number of benzene rings is 1. The molecule has 3 aromatic rings. The number of carbonyl (C=O) groups excluding carboxylic acids is 1. The van der Waals surface area contributed by atoms with Crippen molar-refractivity contribution >= 4 is 11.7 Å². The van der Waals surface area contributed by atoms with Gasteiger partial charge in [-0.1, -0.05) is 0 Å². The molecule has 158 valence electrons. The molecule has 1 aromatic carbocycles. The zero-order chi connectivity index (χ0) is 21.5. The van der Waals surface area contributed by atoms with Crippen LogP contribution in [-0.4, -0.2) is 58.5 Å². The van der Waals surface area contributed by atoms with Crippen LogP contribution in [0, 0.1) is 0 Å². The Morgan fingerprint density at radius 2 is 1.83 bits per heavy atom. The molecule has 2 amide bonds. The summed E-state index contributed by atoms with van der Waals surface area (Å²) in [7, 11) is 4.46. The molecule has 0 bridgehead atoms. The number of anilines is 1. The molecule has 0 fully saturated rings. The van der Waals surface area contributed by atoms with Crippen LogP contribution in [0.1, 0.15) is 0 Å². The fourth-order valence-electron chi connectivity index (χ4n) is 2.65. The first kappa shape index (κ1) is 20.6. The van der Waals surface area contributed by atoms with Crippen LogP contribution in [0.2, 0.25) is 0 Å². The van der Waals surface area contributed by atoms with Gasteiger partial charge < -0.3 is 24.8 Å². The molecule has 0 saturated carbocycles. The molecule has 2 heterocycles. The normalized spacial score (nSPS) is 10.4. The molecular formula is C18H21N7O5. The highest BCUT2D eigenvalue weighted by Gasteiger charge is 2.14. The molecule has 0 aliphatic rings. The quantitative estimate of drug-likeness (QED) is 0.548. The van der Waals surface area contributed by atoms with Gasteiger partial charge in [-0.2, -0.15) is 5.10 Å². The maximum atomic E-state index is 12.2. The van der Waals surface area contributed by atoms with Gasteiger partial charge in [-0.05, 0) is 6.07 Å². The molecule has 30 heavy (non-hydrogen) atoms. The van der Waals surface area contributed by atoms with Crippen molar-refractivity contribution in [3.8, 4) is 23.1 Å². The second kappa shape index (κ2) is 9.41. The standard InChI is InChI=1S/C18H21N7O5/c1-28-13-8-12(9-14(29-2)17(13)30-3)22-18(27)20-6-7-24-16(26)5-4-15(23-24)25-11-19-10-21-25/h4-5,8-11H,6-7H2,1-3H3,(H2,20,22,27). The van der Waals surface area contributed by atoms with E-state index < -0.39 is 6.03 Å². The highest BCUT2D eigenvalue weighted by Crippen LogP contribution is 2.39. The van der Waals surface area contributed by atoms with E-state index in [2.05, 4.69) is 25.8 Å². The van der Waals surface area contributed by atoms with Crippen LogP contribution in [0.15, 0.2) is 41.7 Å². The van der Waals surface area contributed by atoms with E-state index in [1.54, 1.807) is 12.1 Å². The molecule has 0 radical (unpaired) electrons. The molecule has 0 aliphatic carbocycles. The summed E-state index contributed by atoms with van der Waals surface area (Å²) < 4.78 is 18.4. The highest BCUT2D eigenvalue weighted by atomic mass is 16.5. The van der Waals surface area contributed by atoms with Gasteiger partial charge in [-0.25, -0.2) is 19.1 Å². The zero-order valence-corrected chi connectivity index (χ0v) is 16.7. The van der Waals surface area contributed by atoms with Gasteiger partial charge in [-0.15, -0.1) is 5.10 Å². The van der Waals surface area contributed by atoms with Crippen LogP contribution in [0.3, 0.4) is 0 Å². The van der Waals surface area contributed by atoms with Crippen LogP contribution in [-0.2, 0) is 6.54 Å². The molecule has 0 saturated heterocycles. The maximum absolute atomic E-state index is 12.2. The molecule has 0 aliphatic heterocycles. The largest absolute Gasteiger partial charge is 0.493 e. The van der Waals surface area contributed by atoms with E-state index >= 15 is 0 Å². The molecule has 3 rings (SSSR count). The second-order valence-electron chi connectivity index (χ2n) is 5.89. The van der Waals surface area contributed by atoms with E-state index in [9.17, 15) is 9.59 Å². The number of urea groups is 1. The number of carbonyl (C=O) groups is 1. The van der Waals surface area contributed by atoms with Crippen molar-refractivity contribution in [1.29, 1.82) is 0 Å². The number of hydrogen-bond acceptors (Lipinski definition) is 8. The van der Waals surface area contributed by atoms with Gasteiger partial charge in [0.05, 0.1) is 33.6 Å². The summed E-state index contributed by atoms with van der Waals surface area (Å²) in [5, 5.41) is 13.5. The van der Waals surface area contributed by atoms with Crippen LogP contribution in [0.4, 0.5) is 10.5 Å². The van der Waals surface area contributed by atoms with Gasteiger partial charge in [0.25, 0.3) is 5.56 Å². The Hall–Kier alpha value is -4.09. The van der Waals surface area contributed by atoms with Gasteiger partial charge in [0.1, 0.15) is 12.7 Å². The first-order chi connectivity index (χ1) is 14.5. The van der Waals surface area contributed by atoms with Crippen molar-refractivity contribution < 1.29 is 19.0 Å². The number of nitrogens with one attached hydrogen (secondary N) is 2. The maximum Gasteiger partial charge on any atom is 0.319 e. The molecule has 12 heteroatoms. The van der Waals surface area contributed by atoms with Crippen molar-refractivity contribution in [2.24, 2.45) is 0 Å². The first-order valence-corrected chi connectivity index (χ1v) is 8.83. The Bertz CT molecular complexity index is 1040. The number of amides is 2. The predicted molar refractivity (Wildman–Crippen MR) is 107 cm³/mol. The van der Waals surface area contributed by atoms with Crippen LogP contribution < -0.4 is 30.4 Å². The molecule has 2 aromatic heterocycles. The Morgan fingerprint density at radius 3 is 2.43 bits per heavy atom. The second-order valence-corrected chi connectivity index (χ2v) is 5.89. The number of hydrogen-bond donors (Lipinski definition) is 2. The Morgan fingerprint density at radius 1 is 1.10 bits per heavy atom.